The number of hydrogen-bond donors (Lipinski definition) is 1. The van der Waals surface area contributed by atoms with Crippen molar-refractivity contribution in [2.75, 3.05) is 0 Å². The molecule has 0 atom stereocenters. The van der Waals surface area contributed by atoms with E-state index in [1.54, 1.807) is 12.4 Å². The number of phenolic OH excluding ortho intramolecular Hbond substituents is 1. The van der Waals surface area contributed by atoms with Crippen molar-refractivity contribution in [3.63, 3.8) is 0 Å². The zero-order valence-corrected chi connectivity index (χ0v) is 16.4. The van der Waals surface area contributed by atoms with Gasteiger partial charge in [-0.2, -0.15) is 0 Å². The summed E-state index contributed by atoms with van der Waals surface area (Å²) in [6.45, 7) is 2.24. The van der Waals surface area contributed by atoms with Crippen LogP contribution in [0.4, 0.5) is 4.39 Å². The average Bonchev–Trinajstić information content (AvgIpc) is 2.71. The minimum absolute atomic E-state index is 0.112. The monoisotopic (exact) mass is 378 g/mol. The van der Waals surface area contributed by atoms with Crippen LogP contribution in [0.3, 0.4) is 0 Å². The molecule has 3 nitrogen and oxygen atoms in total. The minimum atomic E-state index is -0.535. The molecule has 0 aliphatic rings. The fourth-order valence-electron chi connectivity index (χ4n) is 3.27. The third kappa shape index (κ3) is 5.38. The first-order valence-corrected chi connectivity index (χ1v) is 10.1. The molecule has 146 valence electrons. The van der Waals surface area contributed by atoms with E-state index in [2.05, 4.69) is 41.2 Å². The number of aryl methyl sites for hydroxylation is 1. The number of rotatable bonds is 9. The zero-order chi connectivity index (χ0) is 19.8. The molecular weight excluding hydrogens is 351 g/mol. The Morgan fingerprint density at radius 2 is 1.50 bits per heavy atom. The van der Waals surface area contributed by atoms with Crippen LogP contribution < -0.4 is 0 Å². The molecule has 0 saturated heterocycles. The maximum atomic E-state index is 14.0. The minimum Gasteiger partial charge on any atom is -0.508 e. The van der Waals surface area contributed by atoms with E-state index in [-0.39, 0.29) is 11.3 Å². The highest BCUT2D eigenvalue weighted by Gasteiger charge is 2.09. The van der Waals surface area contributed by atoms with Gasteiger partial charge in [-0.15, -0.1) is 0 Å². The van der Waals surface area contributed by atoms with E-state index < -0.39 is 5.82 Å². The number of halogens is 1. The predicted octanol–water partition coefficient (Wildman–Crippen LogP) is 6.56. The highest BCUT2D eigenvalue weighted by atomic mass is 19.1. The Balaban J connectivity index is 1.59. The smallest absolute Gasteiger partial charge is 0.162 e. The second kappa shape index (κ2) is 9.98. The summed E-state index contributed by atoms with van der Waals surface area (Å²) in [5.74, 6) is -0.341. The second-order valence-electron chi connectivity index (χ2n) is 7.17. The molecule has 1 heterocycles. The van der Waals surface area contributed by atoms with Gasteiger partial charge in [0.15, 0.2) is 5.82 Å². The Bertz CT molecular complexity index is 876. The van der Waals surface area contributed by atoms with Crippen LogP contribution in [0.1, 0.15) is 51.0 Å². The predicted molar refractivity (Wildman–Crippen MR) is 112 cm³/mol. The Morgan fingerprint density at radius 1 is 0.821 bits per heavy atom. The molecule has 0 aliphatic carbocycles. The summed E-state index contributed by atoms with van der Waals surface area (Å²) in [7, 11) is 0. The second-order valence-corrected chi connectivity index (χ2v) is 7.17. The van der Waals surface area contributed by atoms with Gasteiger partial charge in [0.25, 0.3) is 0 Å². The first-order chi connectivity index (χ1) is 13.7. The Labute approximate surface area is 166 Å². The molecule has 0 spiro atoms. The Hall–Kier alpha value is -2.75. The van der Waals surface area contributed by atoms with Crippen molar-refractivity contribution in [2.24, 2.45) is 0 Å². The molecule has 3 aromatic rings. The van der Waals surface area contributed by atoms with E-state index in [9.17, 15) is 9.50 Å². The molecule has 28 heavy (non-hydrogen) atoms. The van der Waals surface area contributed by atoms with Crippen molar-refractivity contribution in [1.29, 1.82) is 0 Å². The maximum absolute atomic E-state index is 14.0. The molecule has 1 N–H and O–H groups in total. The lowest BCUT2D eigenvalue weighted by molar-refractivity contribution is 0.469. The Morgan fingerprint density at radius 3 is 2.18 bits per heavy atom. The van der Waals surface area contributed by atoms with Crippen LogP contribution in [0.5, 0.6) is 5.75 Å². The number of aromatic nitrogens is 2. The van der Waals surface area contributed by atoms with Crippen LogP contribution in [-0.2, 0) is 6.42 Å². The molecule has 0 bridgehead atoms. The lowest BCUT2D eigenvalue weighted by atomic mass is 10.0. The lowest BCUT2D eigenvalue weighted by Crippen LogP contribution is -1.93. The number of nitrogens with zero attached hydrogens (tertiary/aromatic N) is 2. The first kappa shape index (κ1) is 20.0. The van der Waals surface area contributed by atoms with Gasteiger partial charge in [0.05, 0.1) is 5.56 Å². The van der Waals surface area contributed by atoms with Gasteiger partial charge in [-0.05, 0) is 36.1 Å². The standard InChI is InChI=1S/C24H27FN2O/c1-2-3-4-5-6-7-8-18-9-11-19(12-10-18)20-16-26-24(27-17-20)22-14-13-21(28)15-23(22)25/h9-17,28H,2-8H2,1H3. The van der Waals surface area contributed by atoms with E-state index in [0.717, 1.165) is 23.6 Å². The summed E-state index contributed by atoms with van der Waals surface area (Å²) >= 11 is 0. The molecule has 0 fully saturated rings. The SMILES string of the molecule is CCCCCCCCc1ccc(-c2cnc(-c3ccc(O)cc3F)nc2)cc1. The van der Waals surface area contributed by atoms with Crippen LogP contribution in [0, 0.1) is 5.82 Å². The summed E-state index contributed by atoms with van der Waals surface area (Å²) in [6.07, 6.45) is 12.4. The van der Waals surface area contributed by atoms with Crippen LogP contribution in [0.2, 0.25) is 0 Å². The molecule has 2 aromatic carbocycles. The zero-order valence-electron chi connectivity index (χ0n) is 16.4. The van der Waals surface area contributed by atoms with Crippen LogP contribution in [0.15, 0.2) is 54.9 Å². The van der Waals surface area contributed by atoms with Crippen LogP contribution in [-0.4, -0.2) is 15.1 Å². The third-order valence-electron chi connectivity index (χ3n) is 4.95. The van der Waals surface area contributed by atoms with Gasteiger partial charge < -0.3 is 5.11 Å². The van der Waals surface area contributed by atoms with Gasteiger partial charge in [-0.3, -0.25) is 0 Å². The first-order valence-electron chi connectivity index (χ1n) is 10.1. The van der Waals surface area contributed by atoms with Gasteiger partial charge in [-0.25, -0.2) is 14.4 Å². The van der Waals surface area contributed by atoms with Gasteiger partial charge in [-0.1, -0.05) is 63.3 Å². The van der Waals surface area contributed by atoms with Gasteiger partial charge in [0.1, 0.15) is 11.6 Å². The molecule has 4 heteroatoms. The van der Waals surface area contributed by atoms with Crippen LogP contribution in [0.25, 0.3) is 22.5 Å². The summed E-state index contributed by atoms with van der Waals surface area (Å²) in [4.78, 5) is 8.58. The van der Waals surface area contributed by atoms with Crippen molar-refractivity contribution < 1.29 is 9.50 Å². The largest absolute Gasteiger partial charge is 0.508 e. The molecule has 1 aromatic heterocycles. The highest BCUT2D eigenvalue weighted by molar-refractivity contribution is 5.64. The normalized spacial score (nSPS) is 10.9. The molecule has 0 radical (unpaired) electrons. The molecular formula is C24H27FN2O. The summed E-state index contributed by atoms with van der Waals surface area (Å²) < 4.78 is 14.0. The number of unbranched alkanes of at least 4 members (excludes halogenated alkanes) is 5. The van der Waals surface area contributed by atoms with Gasteiger partial charge in [0, 0.05) is 24.0 Å². The Kier molecular flexibility index (Phi) is 7.12. The number of hydrogen-bond acceptors (Lipinski definition) is 3. The van der Waals surface area contributed by atoms with E-state index in [1.807, 2.05) is 0 Å². The molecule has 0 saturated carbocycles. The number of benzene rings is 2. The van der Waals surface area contributed by atoms with E-state index in [0.29, 0.717) is 5.82 Å². The summed E-state index contributed by atoms with van der Waals surface area (Å²) in [5.41, 5.74) is 3.57. The maximum Gasteiger partial charge on any atom is 0.162 e. The molecule has 0 amide bonds. The van der Waals surface area contributed by atoms with E-state index in [4.69, 9.17) is 0 Å². The topological polar surface area (TPSA) is 46.0 Å². The van der Waals surface area contributed by atoms with Crippen LogP contribution >= 0.6 is 0 Å². The van der Waals surface area contributed by atoms with Crippen molar-refractivity contribution in [3.05, 3.63) is 66.2 Å². The van der Waals surface area contributed by atoms with E-state index >= 15 is 0 Å². The lowest BCUT2D eigenvalue weighted by Gasteiger charge is -2.06. The van der Waals surface area contributed by atoms with Gasteiger partial charge in [0.2, 0.25) is 0 Å². The quantitative estimate of drug-likeness (QED) is 0.429. The molecule has 0 aliphatic heterocycles. The fraction of sp³-hybridized carbons (Fsp3) is 0.333. The molecule has 0 unspecified atom stereocenters. The van der Waals surface area contributed by atoms with Crippen molar-refractivity contribution in [2.45, 2.75) is 51.9 Å². The number of phenols is 1. The van der Waals surface area contributed by atoms with Crippen molar-refractivity contribution >= 4 is 0 Å². The van der Waals surface area contributed by atoms with Gasteiger partial charge >= 0.3 is 0 Å². The highest BCUT2D eigenvalue weighted by Crippen LogP contribution is 2.25. The van der Waals surface area contributed by atoms with Crippen molar-refractivity contribution in [3.8, 4) is 28.3 Å². The summed E-state index contributed by atoms with van der Waals surface area (Å²) in [5, 5.41) is 9.32. The third-order valence-corrected chi connectivity index (χ3v) is 4.95. The molecule has 3 rings (SSSR count). The number of aromatic hydroxyl groups is 1. The summed E-state index contributed by atoms with van der Waals surface area (Å²) in [6, 6.07) is 12.5. The van der Waals surface area contributed by atoms with Crippen molar-refractivity contribution in [1.82, 2.24) is 9.97 Å². The fourth-order valence-corrected chi connectivity index (χ4v) is 3.27. The van der Waals surface area contributed by atoms with E-state index in [1.165, 1.54) is 56.2 Å². The average molecular weight is 378 g/mol.